The van der Waals surface area contributed by atoms with E-state index in [1.807, 2.05) is 19.1 Å². The van der Waals surface area contributed by atoms with Crippen LogP contribution in [-0.2, 0) is 16.2 Å². The van der Waals surface area contributed by atoms with Crippen LogP contribution in [0, 0.1) is 6.92 Å². The summed E-state index contributed by atoms with van der Waals surface area (Å²) in [6, 6.07) is 5.61. The first kappa shape index (κ1) is 28.4. The molecule has 35 heavy (non-hydrogen) atoms. The van der Waals surface area contributed by atoms with E-state index in [2.05, 4.69) is 24.5 Å². The Labute approximate surface area is 225 Å². The molecule has 7 heteroatoms. The third kappa shape index (κ3) is 9.68. The molecule has 0 amide bonds. The third-order valence-corrected chi connectivity index (χ3v) is 7.75. The van der Waals surface area contributed by atoms with Gasteiger partial charge in [-0.1, -0.05) is 87.3 Å². The standard InChI is InChI=1S/C28H40Cl2N2O2S/c1-21(2)27-28(35-26-18-23(29)17-24(30)19-26)32(22(3)31-27)20-33-15-16-34-25-13-11-9-7-5-4-6-8-10-12-14-25/h13,17-19,21H,4-12,14-16,20H2,1-3H3/b25-13+. The number of aryl methyl sites for hydroxylation is 1. The van der Waals surface area contributed by atoms with Crippen LogP contribution in [0.25, 0.3) is 0 Å². The lowest BCUT2D eigenvalue weighted by Crippen LogP contribution is -2.10. The van der Waals surface area contributed by atoms with E-state index in [0.717, 1.165) is 40.0 Å². The Morgan fingerprint density at radius 3 is 2.29 bits per heavy atom. The van der Waals surface area contributed by atoms with Gasteiger partial charge in [-0.3, -0.25) is 4.57 Å². The molecule has 0 atom stereocenters. The average molecular weight is 540 g/mol. The summed E-state index contributed by atoms with van der Waals surface area (Å²) in [4.78, 5) is 5.82. The normalized spacial score (nSPS) is 17.5. The van der Waals surface area contributed by atoms with Crippen LogP contribution in [0.4, 0.5) is 0 Å². The van der Waals surface area contributed by atoms with Crippen molar-refractivity contribution in [3.05, 3.63) is 51.6 Å². The number of rotatable bonds is 9. The van der Waals surface area contributed by atoms with E-state index in [4.69, 9.17) is 37.7 Å². The van der Waals surface area contributed by atoms with Crippen molar-refractivity contribution in [2.45, 2.75) is 108 Å². The SMILES string of the molecule is Cc1nc(C(C)C)c(Sc2cc(Cl)cc(Cl)c2)n1COCCO/C1=C/CCCCCCCCCC1. The first-order valence-corrected chi connectivity index (χ1v) is 14.6. The monoisotopic (exact) mass is 538 g/mol. The molecule has 0 bridgehead atoms. The highest BCUT2D eigenvalue weighted by atomic mass is 35.5. The minimum absolute atomic E-state index is 0.295. The largest absolute Gasteiger partial charge is 0.496 e. The zero-order valence-electron chi connectivity index (χ0n) is 21.5. The fourth-order valence-corrected chi connectivity index (χ4v) is 6.22. The van der Waals surface area contributed by atoms with Gasteiger partial charge in [0, 0.05) is 21.4 Å². The van der Waals surface area contributed by atoms with Crippen molar-refractivity contribution >= 4 is 35.0 Å². The van der Waals surface area contributed by atoms with E-state index < -0.39 is 0 Å². The molecule has 4 nitrogen and oxygen atoms in total. The lowest BCUT2D eigenvalue weighted by Gasteiger charge is -2.15. The van der Waals surface area contributed by atoms with Crippen molar-refractivity contribution < 1.29 is 9.47 Å². The van der Waals surface area contributed by atoms with Gasteiger partial charge in [0.05, 0.1) is 18.1 Å². The molecular formula is C28H40Cl2N2O2S. The number of hydrogen-bond acceptors (Lipinski definition) is 4. The highest BCUT2D eigenvalue weighted by Crippen LogP contribution is 2.37. The van der Waals surface area contributed by atoms with Gasteiger partial charge in [0.15, 0.2) is 0 Å². The van der Waals surface area contributed by atoms with Gasteiger partial charge in [-0.25, -0.2) is 4.98 Å². The summed E-state index contributed by atoms with van der Waals surface area (Å²) in [5.74, 6) is 2.37. The Kier molecular flexibility index (Phi) is 12.3. The molecule has 1 aliphatic rings. The molecule has 1 aromatic carbocycles. The molecule has 0 unspecified atom stereocenters. The highest BCUT2D eigenvalue weighted by molar-refractivity contribution is 7.99. The summed E-state index contributed by atoms with van der Waals surface area (Å²) < 4.78 is 14.3. The van der Waals surface area contributed by atoms with Crippen molar-refractivity contribution in [1.82, 2.24) is 9.55 Å². The molecule has 1 aliphatic carbocycles. The van der Waals surface area contributed by atoms with Crippen molar-refractivity contribution in [1.29, 1.82) is 0 Å². The Morgan fingerprint density at radius 2 is 1.60 bits per heavy atom. The maximum Gasteiger partial charge on any atom is 0.125 e. The summed E-state index contributed by atoms with van der Waals surface area (Å²) in [6.45, 7) is 7.89. The van der Waals surface area contributed by atoms with Gasteiger partial charge in [0.1, 0.15) is 24.2 Å². The third-order valence-electron chi connectivity index (χ3n) is 6.22. The smallest absolute Gasteiger partial charge is 0.125 e. The Hall–Kier alpha value is -1.14. The summed E-state index contributed by atoms with van der Waals surface area (Å²) >= 11 is 14.1. The Morgan fingerprint density at radius 1 is 0.943 bits per heavy atom. The van der Waals surface area contributed by atoms with E-state index in [9.17, 15) is 0 Å². The number of hydrogen-bond donors (Lipinski definition) is 0. The van der Waals surface area contributed by atoms with Gasteiger partial charge >= 0.3 is 0 Å². The Bertz CT molecular complexity index is 938. The fourth-order valence-electron chi connectivity index (χ4n) is 4.29. The average Bonchev–Trinajstić information content (AvgIpc) is 3.09. The van der Waals surface area contributed by atoms with Crippen LogP contribution in [0.15, 0.2) is 40.0 Å². The molecule has 0 spiro atoms. The molecule has 3 rings (SSSR count). The van der Waals surface area contributed by atoms with Crippen LogP contribution in [0.3, 0.4) is 0 Å². The van der Waals surface area contributed by atoms with Gasteiger partial charge in [0.2, 0.25) is 0 Å². The second-order valence-electron chi connectivity index (χ2n) is 9.56. The fraction of sp³-hybridized carbons (Fsp3) is 0.607. The first-order chi connectivity index (χ1) is 16.9. The number of nitrogens with zero attached hydrogens (tertiary/aromatic N) is 2. The summed E-state index contributed by atoms with van der Waals surface area (Å²) in [6.07, 6.45) is 15.1. The van der Waals surface area contributed by atoms with E-state index in [1.165, 1.54) is 51.4 Å². The van der Waals surface area contributed by atoms with Crippen molar-refractivity contribution in [2.75, 3.05) is 13.2 Å². The number of aromatic nitrogens is 2. The van der Waals surface area contributed by atoms with E-state index >= 15 is 0 Å². The second-order valence-corrected chi connectivity index (χ2v) is 11.5. The first-order valence-electron chi connectivity index (χ1n) is 13.0. The molecule has 194 valence electrons. The number of benzene rings is 1. The number of ether oxygens (including phenoxy) is 2. The molecule has 0 aliphatic heterocycles. The van der Waals surface area contributed by atoms with Gasteiger partial charge in [-0.05, 0) is 56.4 Å². The van der Waals surface area contributed by atoms with Crippen molar-refractivity contribution in [3.8, 4) is 0 Å². The molecule has 1 aromatic heterocycles. The minimum Gasteiger partial charge on any atom is -0.496 e. The summed E-state index contributed by atoms with van der Waals surface area (Å²) in [5.41, 5.74) is 1.06. The number of allylic oxidation sites excluding steroid dienone is 2. The van der Waals surface area contributed by atoms with Gasteiger partial charge in [-0.2, -0.15) is 0 Å². The molecule has 0 saturated heterocycles. The maximum atomic E-state index is 6.23. The van der Waals surface area contributed by atoms with Crippen molar-refractivity contribution in [3.63, 3.8) is 0 Å². The van der Waals surface area contributed by atoms with Crippen LogP contribution in [0.2, 0.25) is 10.0 Å². The minimum atomic E-state index is 0.295. The molecule has 0 fully saturated rings. The molecular weight excluding hydrogens is 499 g/mol. The predicted octanol–water partition coefficient (Wildman–Crippen LogP) is 9.56. The van der Waals surface area contributed by atoms with Crippen LogP contribution in [0.5, 0.6) is 0 Å². The summed E-state index contributed by atoms with van der Waals surface area (Å²) in [5, 5.41) is 2.32. The van der Waals surface area contributed by atoms with E-state index in [-0.39, 0.29) is 0 Å². The molecule has 0 radical (unpaired) electrons. The Balaban J connectivity index is 1.56. The lowest BCUT2D eigenvalue weighted by atomic mass is 10.0. The zero-order valence-corrected chi connectivity index (χ0v) is 23.8. The maximum absolute atomic E-state index is 6.23. The van der Waals surface area contributed by atoms with Crippen LogP contribution < -0.4 is 0 Å². The summed E-state index contributed by atoms with van der Waals surface area (Å²) in [7, 11) is 0. The van der Waals surface area contributed by atoms with Crippen LogP contribution in [0.1, 0.15) is 95.5 Å². The van der Waals surface area contributed by atoms with Crippen molar-refractivity contribution in [2.24, 2.45) is 0 Å². The van der Waals surface area contributed by atoms with Crippen LogP contribution in [-0.4, -0.2) is 22.8 Å². The lowest BCUT2D eigenvalue weighted by molar-refractivity contribution is 0.0316. The zero-order chi connectivity index (χ0) is 25.0. The molecule has 0 saturated carbocycles. The molecule has 1 heterocycles. The quantitative estimate of drug-likeness (QED) is 0.297. The highest BCUT2D eigenvalue weighted by Gasteiger charge is 2.19. The van der Waals surface area contributed by atoms with E-state index in [1.54, 1.807) is 17.8 Å². The van der Waals surface area contributed by atoms with Gasteiger partial charge < -0.3 is 9.47 Å². The van der Waals surface area contributed by atoms with Crippen LogP contribution >= 0.6 is 35.0 Å². The van der Waals surface area contributed by atoms with Gasteiger partial charge in [0.25, 0.3) is 0 Å². The predicted molar refractivity (Wildman–Crippen MR) is 148 cm³/mol. The van der Waals surface area contributed by atoms with Gasteiger partial charge in [-0.15, -0.1) is 0 Å². The van der Waals surface area contributed by atoms with E-state index in [0.29, 0.717) is 35.9 Å². The number of halogens is 2. The topological polar surface area (TPSA) is 36.3 Å². The second kappa shape index (κ2) is 15.2. The molecule has 0 N–H and O–H groups in total. The number of imidazole rings is 1. The molecule has 2 aromatic rings.